The summed E-state index contributed by atoms with van der Waals surface area (Å²) in [4.78, 5) is 7.25. The molecule has 3 rings (SSSR count). The zero-order valence-electron chi connectivity index (χ0n) is 18.6. The monoisotopic (exact) mass is 441 g/mol. The Morgan fingerprint density at radius 3 is 2.35 bits per heavy atom. The van der Waals surface area contributed by atoms with Crippen molar-refractivity contribution in [2.45, 2.75) is 39.8 Å². The highest BCUT2D eigenvalue weighted by atomic mass is 32.2. The zero-order valence-corrected chi connectivity index (χ0v) is 19.4. The minimum atomic E-state index is -3.62. The molecule has 1 heterocycles. The summed E-state index contributed by atoms with van der Waals surface area (Å²) in [5, 5.41) is 0. The highest BCUT2D eigenvalue weighted by Crippen LogP contribution is 2.30. The van der Waals surface area contributed by atoms with Crippen molar-refractivity contribution in [3.05, 3.63) is 71.3 Å². The van der Waals surface area contributed by atoms with E-state index in [0.29, 0.717) is 35.3 Å². The Bertz CT molecular complexity index is 1040. The van der Waals surface area contributed by atoms with Gasteiger partial charge in [-0.25, -0.2) is 8.42 Å². The van der Waals surface area contributed by atoms with Crippen LogP contribution in [0.3, 0.4) is 0 Å². The van der Waals surface area contributed by atoms with Gasteiger partial charge >= 0.3 is 0 Å². The number of hydrogen-bond acceptors (Lipinski definition) is 5. The van der Waals surface area contributed by atoms with Crippen molar-refractivity contribution in [2.24, 2.45) is 4.99 Å². The maximum Gasteiger partial charge on any atom is 0.264 e. The van der Waals surface area contributed by atoms with Crippen LogP contribution in [0.1, 0.15) is 38.3 Å². The Kier molecular flexibility index (Phi) is 7.51. The van der Waals surface area contributed by atoms with E-state index in [1.165, 1.54) is 5.56 Å². The average Bonchev–Trinajstić information content (AvgIpc) is 2.98. The normalized spacial score (nSPS) is 16.9. The fourth-order valence-electron chi connectivity index (χ4n) is 3.63. The second kappa shape index (κ2) is 10.1. The highest BCUT2D eigenvalue weighted by molar-refractivity contribution is 8.00. The molecule has 0 unspecified atom stereocenters. The quantitative estimate of drug-likeness (QED) is 0.596. The maximum absolute atomic E-state index is 12.7. The van der Waals surface area contributed by atoms with Crippen molar-refractivity contribution in [3.8, 4) is 5.75 Å². The Morgan fingerprint density at radius 2 is 1.74 bits per heavy atom. The van der Waals surface area contributed by atoms with Gasteiger partial charge in [-0.1, -0.05) is 30.3 Å². The van der Waals surface area contributed by atoms with Crippen molar-refractivity contribution in [3.63, 3.8) is 0 Å². The molecule has 7 heteroatoms. The van der Waals surface area contributed by atoms with Crippen LogP contribution in [0.15, 0.2) is 65.2 Å². The van der Waals surface area contributed by atoms with Crippen molar-refractivity contribution < 1.29 is 13.2 Å². The molecule has 166 valence electrons. The van der Waals surface area contributed by atoms with Crippen LogP contribution in [0.25, 0.3) is 4.91 Å². The predicted molar refractivity (Wildman–Crippen MR) is 127 cm³/mol. The number of nitrogens with one attached hydrogen (secondary N) is 1. The molecule has 0 aliphatic carbocycles. The third-order valence-electron chi connectivity index (χ3n) is 5.38. The van der Waals surface area contributed by atoms with Gasteiger partial charge in [0.25, 0.3) is 10.0 Å². The molecule has 2 aromatic rings. The smallest absolute Gasteiger partial charge is 0.264 e. The number of methoxy groups -OCH3 is 1. The third kappa shape index (κ3) is 5.74. The van der Waals surface area contributed by atoms with Crippen LogP contribution in [-0.4, -0.2) is 45.4 Å². The van der Waals surface area contributed by atoms with E-state index in [-0.39, 0.29) is 4.91 Å². The number of hydrogen-bond donors (Lipinski definition) is 1. The summed E-state index contributed by atoms with van der Waals surface area (Å²) in [7, 11) is -2.04. The van der Waals surface area contributed by atoms with E-state index in [4.69, 9.17) is 4.74 Å². The van der Waals surface area contributed by atoms with E-state index in [9.17, 15) is 8.42 Å². The fourth-order valence-corrected chi connectivity index (χ4v) is 5.15. The van der Waals surface area contributed by atoms with Crippen LogP contribution < -0.4 is 9.46 Å². The van der Waals surface area contributed by atoms with Crippen molar-refractivity contribution in [2.75, 3.05) is 20.2 Å². The molecule has 0 aromatic heterocycles. The predicted octanol–water partition coefficient (Wildman–Crippen LogP) is 4.06. The van der Waals surface area contributed by atoms with Crippen molar-refractivity contribution >= 4 is 20.8 Å². The number of ether oxygens (including phenoxy) is 1. The highest BCUT2D eigenvalue weighted by Gasteiger charge is 2.32. The number of nitrogens with zero attached hydrogens (tertiary/aromatic N) is 2. The summed E-state index contributed by atoms with van der Waals surface area (Å²) in [6.45, 7) is 8.52. The number of rotatable bonds is 9. The molecular formula is C24H31N3O3S. The molecular weight excluding hydrogens is 410 g/mol. The van der Waals surface area contributed by atoms with Crippen LogP contribution in [0.5, 0.6) is 5.75 Å². The molecule has 1 aliphatic heterocycles. The SMILES string of the molecule is COc1ccc(C2=C(C)C(=NCCCN(Cc3ccccc3)C(C)C)NS2(=O)=O)cc1. The molecule has 0 spiro atoms. The van der Waals surface area contributed by atoms with E-state index < -0.39 is 10.0 Å². The molecule has 0 fully saturated rings. The first-order valence-corrected chi connectivity index (χ1v) is 12.0. The van der Waals surface area contributed by atoms with Crippen LogP contribution in [0.4, 0.5) is 0 Å². The molecule has 6 nitrogen and oxygen atoms in total. The van der Waals surface area contributed by atoms with E-state index in [1.54, 1.807) is 38.3 Å². The minimum Gasteiger partial charge on any atom is -0.497 e. The van der Waals surface area contributed by atoms with Gasteiger partial charge in [0.15, 0.2) is 0 Å². The van der Waals surface area contributed by atoms with Crippen molar-refractivity contribution in [1.82, 2.24) is 9.62 Å². The van der Waals surface area contributed by atoms with Gasteiger partial charge in [0.05, 0.1) is 7.11 Å². The standard InChI is InChI=1S/C24H31N3O3S/c1-18(2)27(17-20-9-6-5-7-10-20)16-8-15-25-24-19(3)23(31(28,29)26-24)21-11-13-22(30-4)14-12-21/h5-7,9-14,18H,8,15-17H2,1-4H3,(H,25,26). The molecule has 0 radical (unpaired) electrons. The Labute approximate surface area is 185 Å². The Morgan fingerprint density at radius 1 is 1.06 bits per heavy atom. The first kappa shape index (κ1) is 23.0. The van der Waals surface area contributed by atoms with Crippen LogP contribution in [0.2, 0.25) is 0 Å². The van der Waals surface area contributed by atoms with Crippen LogP contribution in [-0.2, 0) is 16.6 Å². The zero-order chi connectivity index (χ0) is 22.4. The Hall–Kier alpha value is -2.64. The molecule has 1 aliphatic rings. The van der Waals surface area contributed by atoms with Gasteiger partial charge in [0.1, 0.15) is 16.5 Å². The van der Waals surface area contributed by atoms with E-state index in [1.807, 2.05) is 6.07 Å². The van der Waals surface area contributed by atoms with Gasteiger partial charge < -0.3 is 4.74 Å². The first-order valence-electron chi connectivity index (χ1n) is 10.5. The lowest BCUT2D eigenvalue weighted by Gasteiger charge is -2.26. The summed E-state index contributed by atoms with van der Waals surface area (Å²) >= 11 is 0. The summed E-state index contributed by atoms with van der Waals surface area (Å²) in [5.41, 5.74) is 2.56. The molecule has 0 saturated carbocycles. The average molecular weight is 442 g/mol. The number of sulfonamides is 1. The summed E-state index contributed by atoms with van der Waals surface area (Å²) in [6, 6.07) is 17.9. The van der Waals surface area contributed by atoms with Gasteiger partial charge in [-0.2, -0.15) is 0 Å². The minimum absolute atomic E-state index is 0.279. The van der Waals surface area contributed by atoms with E-state index in [2.05, 4.69) is 52.7 Å². The molecule has 0 amide bonds. The topological polar surface area (TPSA) is 71.0 Å². The van der Waals surface area contributed by atoms with Crippen LogP contribution in [0, 0.1) is 0 Å². The molecule has 0 bridgehead atoms. The summed E-state index contributed by atoms with van der Waals surface area (Å²) in [6.07, 6.45) is 0.849. The van der Waals surface area contributed by atoms with Gasteiger partial charge in [-0.15, -0.1) is 0 Å². The molecule has 2 aromatic carbocycles. The molecule has 0 atom stereocenters. The maximum atomic E-state index is 12.7. The lowest BCUT2D eigenvalue weighted by atomic mass is 10.1. The largest absolute Gasteiger partial charge is 0.497 e. The van der Waals surface area contributed by atoms with Crippen molar-refractivity contribution in [1.29, 1.82) is 0 Å². The number of amidine groups is 1. The lowest BCUT2D eigenvalue weighted by molar-refractivity contribution is 0.211. The molecule has 0 saturated heterocycles. The third-order valence-corrected chi connectivity index (χ3v) is 6.92. The second-order valence-electron chi connectivity index (χ2n) is 7.92. The second-order valence-corrected chi connectivity index (χ2v) is 9.54. The number of benzene rings is 2. The molecule has 31 heavy (non-hydrogen) atoms. The van der Waals surface area contributed by atoms with Gasteiger partial charge in [-0.3, -0.25) is 14.6 Å². The van der Waals surface area contributed by atoms with E-state index in [0.717, 1.165) is 19.5 Å². The molecule has 1 N–H and O–H groups in total. The Balaban J connectivity index is 1.66. The number of aliphatic imine (C=N–C) groups is 1. The van der Waals surface area contributed by atoms with Gasteiger partial charge in [0.2, 0.25) is 0 Å². The van der Waals surface area contributed by atoms with E-state index >= 15 is 0 Å². The summed E-state index contributed by atoms with van der Waals surface area (Å²) < 4.78 is 33.1. The summed E-state index contributed by atoms with van der Waals surface area (Å²) in [5.74, 6) is 1.12. The first-order chi connectivity index (χ1) is 14.8. The van der Waals surface area contributed by atoms with Gasteiger partial charge in [0, 0.05) is 31.2 Å². The van der Waals surface area contributed by atoms with Crippen LogP contribution >= 0.6 is 0 Å². The lowest BCUT2D eigenvalue weighted by Crippen LogP contribution is -2.31. The van der Waals surface area contributed by atoms with Gasteiger partial charge in [-0.05, 0) is 62.6 Å². The fraction of sp³-hybridized carbons (Fsp3) is 0.375.